The second-order valence-electron chi connectivity index (χ2n) is 3.08. The molecule has 0 aromatic rings. The maximum Gasteiger partial charge on any atom is 0.173 e. The van der Waals surface area contributed by atoms with Crippen LogP contribution in [0.4, 0.5) is 0 Å². The van der Waals surface area contributed by atoms with Crippen molar-refractivity contribution in [1.29, 1.82) is 0 Å². The molecule has 0 radical (unpaired) electrons. The molecular weight excluding hydrogens is 156 g/mol. The van der Waals surface area contributed by atoms with Crippen LogP contribution in [0.1, 0.15) is 20.3 Å². The highest BCUT2D eigenvalue weighted by Gasteiger charge is 2.32. The van der Waals surface area contributed by atoms with Gasteiger partial charge in [0.05, 0.1) is 0 Å². The molecule has 0 spiro atoms. The molecule has 1 atom stereocenters. The van der Waals surface area contributed by atoms with Crippen LogP contribution < -0.4 is 0 Å². The Kier molecular flexibility index (Phi) is 2.22. The molecule has 0 aliphatic heterocycles. The van der Waals surface area contributed by atoms with Crippen molar-refractivity contribution < 1.29 is 14.4 Å². The van der Waals surface area contributed by atoms with Gasteiger partial charge in [0.2, 0.25) is 0 Å². The first kappa shape index (κ1) is 8.84. The average molecular weight is 166 g/mol. The largest absolute Gasteiger partial charge is 0.299 e. The van der Waals surface area contributed by atoms with Crippen LogP contribution in [0.5, 0.6) is 0 Å². The summed E-state index contributed by atoms with van der Waals surface area (Å²) in [6.45, 7) is 2.99. The van der Waals surface area contributed by atoms with Crippen molar-refractivity contribution in [2.75, 3.05) is 0 Å². The van der Waals surface area contributed by atoms with Gasteiger partial charge < -0.3 is 0 Å². The van der Waals surface area contributed by atoms with Gasteiger partial charge in [0, 0.05) is 6.42 Å². The molecule has 64 valence electrons. The summed E-state index contributed by atoms with van der Waals surface area (Å²) in [5.41, 5.74) is 0.738. The van der Waals surface area contributed by atoms with Gasteiger partial charge in [-0.2, -0.15) is 0 Å². The molecule has 0 N–H and O–H groups in total. The van der Waals surface area contributed by atoms with Crippen molar-refractivity contribution in [3.05, 3.63) is 11.6 Å². The van der Waals surface area contributed by atoms with Gasteiger partial charge in [0.25, 0.3) is 0 Å². The topological polar surface area (TPSA) is 51.2 Å². The summed E-state index contributed by atoms with van der Waals surface area (Å²) >= 11 is 0. The van der Waals surface area contributed by atoms with Gasteiger partial charge in [-0.05, 0) is 19.9 Å². The highest BCUT2D eigenvalue weighted by Crippen LogP contribution is 2.17. The van der Waals surface area contributed by atoms with E-state index in [1.807, 2.05) is 0 Å². The summed E-state index contributed by atoms with van der Waals surface area (Å²) in [6, 6.07) is 0. The molecule has 1 unspecified atom stereocenters. The SMILES string of the molecule is CC(=O)C1C(=O)C=C(C)CC1=O. The molecule has 3 nitrogen and oxygen atoms in total. The minimum Gasteiger partial charge on any atom is -0.299 e. The third-order valence-corrected chi connectivity index (χ3v) is 1.85. The standard InChI is InChI=1S/C9H10O3/c1-5-3-7(11)9(6(2)10)8(12)4-5/h3,9H,4H2,1-2H3. The van der Waals surface area contributed by atoms with E-state index < -0.39 is 5.92 Å². The highest BCUT2D eigenvalue weighted by atomic mass is 16.2. The zero-order valence-electron chi connectivity index (χ0n) is 7.09. The van der Waals surface area contributed by atoms with E-state index >= 15 is 0 Å². The van der Waals surface area contributed by atoms with Gasteiger partial charge in [0.1, 0.15) is 11.7 Å². The van der Waals surface area contributed by atoms with Gasteiger partial charge in [0.15, 0.2) is 11.6 Å². The number of carbonyl (C=O) groups is 3. The molecule has 0 heterocycles. The average Bonchev–Trinajstić information content (AvgIpc) is 1.82. The zero-order chi connectivity index (χ0) is 9.30. The van der Waals surface area contributed by atoms with Crippen LogP contribution in [0.15, 0.2) is 11.6 Å². The molecule has 0 aromatic heterocycles. The quantitative estimate of drug-likeness (QED) is 0.538. The van der Waals surface area contributed by atoms with Gasteiger partial charge in [-0.1, -0.05) is 5.57 Å². The molecule has 1 rings (SSSR count). The van der Waals surface area contributed by atoms with Crippen LogP contribution in [0.25, 0.3) is 0 Å². The number of hydrogen-bond donors (Lipinski definition) is 0. The van der Waals surface area contributed by atoms with Crippen LogP contribution in [0.3, 0.4) is 0 Å². The number of carbonyl (C=O) groups excluding carboxylic acids is 3. The lowest BCUT2D eigenvalue weighted by molar-refractivity contribution is -0.137. The third kappa shape index (κ3) is 1.49. The number of rotatable bonds is 1. The van der Waals surface area contributed by atoms with Gasteiger partial charge >= 0.3 is 0 Å². The van der Waals surface area contributed by atoms with E-state index in [-0.39, 0.29) is 23.8 Å². The Bertz CT molecular complexity index is 286. The Morgan fingerprint density at radius 2 is 2.08 bits per heavy atom. The van der Waals surface area contributed by atoms with E-state index in [1.54, 1.807) is 6.92 Å². The van der Waals surface area contributed by atoms with Crippen molar-refractivity contribution in [1.82, 2.24) is 0 Å². The molecule has 0 aromatic carbocycles. The maximum atomic E-state index is 11.2. The van der Waals surface area contributed by atoms with E-state index in [0.717, 1.165) is 5.57 Å². The van der Waals surface area contributed by atoms with Gasteiger partial charge in [-0.3, -0.25) is 14.4 Å². The lowest BCUT2D eigenvalue weighted by Crippen LogP contribution is -2.32. The van der Waals surface area contributed by atoms with E-state index in [4.69, 9.17) is 0 Å². The first-order valence-electron chi connectivity index (χ1n) is 3.76. The molecule has 1 aliphatic rings. The second-order valence-corrected chi connectivity index (χ2v) is 3.08. The molecule has 3 heteroatoms. The normalized spacial score (nSPS) is 23.8. The smallest absolute Gasteiger partial charge is 0.173 e. The Balaban J connectivity index is 2.98. The minimum absolute atomic E-state index is 0.232. The second kappa shape index (κ2) is 3.01. The van der Waals surface area contributed by atoms with Crippen LogP contribution in [-0.4, -0.2) is 17.3 Å². The van der Waals surface area contributed by atoms with Crippen LogP contribution in [-0.2, 0) is 14.4 Å². The monoisotopic (exact) mass is 166 g/mol. The van der Waals surface area contributed by atoms with E-state index in [9.17, 15) is 14.4 Å². The Labute approximate surface area is 70.4 Å². The van der Waals surface area contributed by atoms with Gasteiger partial charge in [-0.15, -0.1) is 0 Å². The molecular formula is C9H10O3. The summed E-state index contributed by atoms with van der Waals surface area (Å²) in [6.07, 6.45) is 1.61. The van der Waals surface area contributed by atoms with Crippen molar-refractivity contribution in [2.24, 2.45) is 5.92 Å². The van der Waals surface area contributed by atoms with E-state index in [0.29, 0.717) is 0 Å². The lowest BCUT2D eigenvalue weighted by Gasteiger charge is -2.14. The van der Waals surface area contributed by atoms with Crippen molar-refractivity contribution >= 4 is 17.3 Å². The third-order valence-electron chi connectivity index (χ3n) is 1.85. The summed E-state index contributed by atoms with van der Waals surface area (Å²) in [7, 11) is 0. The molecule has 0 fully saturated rings. The van der Waals surface area contributed by atoms with Crippen LogP contribution in [0, 0.1) is 5.92 Å². The summed E-state index contributed by atoms with van der Waals surface area (Å²) in [4.78, 5) is 33.2. The first-order chi connectivity index (χ1) is 5.52. The van der Waals surface area contributed by atoms with E-state index in [2.05, 4.69) is 0 Å². The number of Topliss-reactive ketones (excluding diaryl/α,β-unsaturated/α-hetero) is 2. The molecule has 0 amide bonds. The first-order valence-corrected chi connectivity index (χ1v) is 3.76. The lowest BCUT2D eigenvalue weighted by atomic mass is 9.85. The van der Waals surface area contributed by atoms with Crippen LogP contribution in [0.2, 0.25) is 0 Å². The molecule has 12 heavy (non-hydrogen) atoms. The van der Waals surface area contributed by atoms with Gasteiger partial charge in [-0.25, -0.2) is 0 Å². The van der Waals surface area contributed by atoms with Crippen molar-refractivity contribution in [2.45, 2.75) is 20.3 Å². The van der Waals surface area contributed by atoms with Crippen molar-refractivity contribution in [3.63, 3.8) is 0 Å². The van der Waals surface area contributed by atoms with E-state index in [1.165, 1.54) is 13.0 Å². The summed E-state index contributed by atoms with van der Waals surface area (Å²) in [5, 5.41) is 0. The number of allylic oxidation sites excluding steroid dienone is 2. The highest BCUT2D eigenvalue weighted by molar-refractivity contribution is 6.24. The summed E-state index contributed by atoms with van der Waals surface area (Å²) < 4.78 is 0. The number of ketones is 3. The fourth-order valence-electron chi connectivity index (χ4n) is 1.34. The Morgan fingerprint density at radius 1 is 1.50 bits per heavy atom. The predicted octanol–water partition coefficient (Wildman–Crippen LogP) is 0.680. The molecule has 0 saturated carbocycles. The molecule has 0 saturated heterocycles. The summed E-state index contributed by atoms with van der Waals surface area (Å²) in [5.74, 6) is -2.01. The predicted molar refractivity (Wildman–Crippen MR) is 42.6 cm³/mol. The fraction of sp³-hybridized carbons (Fsp3) is 0.444. The Hall–Kier alpha value is -1.25. The van der Waals surface area contributed by atoms with Crippen molar-refractivity contribution in [3.8, 4) is 0 Å². The maximum absolute atomic E-state index is 11.2. The minimum atomic E-state index is -1.02. The molecule has 1 aliphatic carbocycles. The molecule has 0 bridgehead atoms. The Morgan fingerprint density at radius 3 is 2.50 bits per heavy atom. The van der Waals surface area contributed by atoms with Crippen LogP contribution >= 0.6 is 0 Å². The zero-order valence-corrected chi connectivity index (χ0v) is 7.09. The number of hydrogen-bond acceptors (Lipinski definition) is 3. The fourth-order valence-corrected chi connectivity index (χ4v) is 1.34.